The third-order valence-electron chi connectivity index (χ3n) is 3.88. The molecule has 2 atom stereocenters. The number of para-hydroxylation sites is 1. The summed E-state index contributed by atoms with van der Waals surface area (Å²) in [5.74, 6) is -1.12. The van der Waals surface area contributed by atoms with Gasteiger partial charge in [-0.05, 0) is 24.0 Å². The summed E-state index contributed by atoms with van der Waals surface area (Å²) >= 11 is 0. The number of carbonyl (C=O) groups is 2. The lowest BCUT2D eigenvalue weighted by atomic mass is 9.87. The standard InChI is InChI=1S/C16H22FN3O2.ClH/c1-16(2,3)13(18)14(21)19-11-8-9-20(15(11)22)12-7-5-4-6-10(12)17;/h4-7,11,13H,8-9,18H2,1-3H3,(H,19,21);1H/t11?,13-;/m1./s1. The van der Waals surface area contributed by atoms with Gasteiger partial charge in [0, 0.05) is 6.54 Å². The molecule has 2 rings (SSSR count). The Morgan fingerprint density at radius 1 is 1.39 bits per heavy atom. The third kappa shape index (κ3) is 4.20. The molecule has 1 aliphatic rings. The van der Waals surface area contributed by atoms with Gasteiger partial charge < -0.3 is 16.0 Å². The summed E-state index contributed by atoms with van der Waals surface area (Å²) in [5, 5.41) is 2.68. The Bertz CT molecular complexity index is 589. The molecular weight excluding hydrogens is 321 g/mol. The molecular formula is C16H23ClFN3O2. The van der Waals surface area contributed by atoms with Crippen LogP contribution in [-0.2, 0) is 9.59 Å². The fourth-order valence-electron chi connectivity index (χ4n) is 2.38. The molecule has 1 unspecified atom stereocenters. The second-order valence-electron chi connectivity index (χ2n) is 6.63. The maximum atomic E-state index is 13.8. The molecule has 1 aliphatic heterocycles. The van der Waals surface area contributed by atoms with E-state index in [4.69, 9.17) is 5.73 Å². The van der Waals surface area contributed by atoms with Crippen molar-refractivity contribution in [1.82, 2.24) is 5.32 Å². The molecule has 0 bridgehead atoms. The smallest absolute Gasteiger partial charge is 0.249 e. The summed E-state index contributed by atoms with van der Waals surface area (Å²) in [6.07, 6.45) is 0.440. The van der Waals surface area contributed by atoms with Crippen LogP contribution in [0.15, 0.2) is 24.3 Å². The SMILES string of the molecule is CC(C)(C)[C@H](N)C(=O)NC1CCN(c2ccccc2F)C1=O.Cl. The minimum atomic E-state index is -0.706. The molecule has 0 aromatic heterocycles. The molecule has 1 aromatic carbocycles. The van der Waals surface area contributed by atoms with Crippen LogP contribution in [0.25, 0.3) is 0 Å². The van der Waals surface area contributed by atoms with Gasteiger partial charge >= 0.3 is 0 Å². The van der Waals surface area contributed by atoms with Crippen LogP contribution in [0.2, 0.25) is 0 Å². The van der Waals surface area contributed by atoms with Gasteiger partial charge in [-0.3, -0.25) is 9.59 Å². The number of nitrogens with one attached hydrogen (secondary N) is 1. The lowest BCUT2D eigenvalue weighted by Gasteiger charge is -2.27. The molecule has 0 aliphatic carbocycles. The van der Waals surface area contributed by atoms with Crippen molar-refractivity contribution in [2.24, 2.45) is 11.1 Å². The van der Waals surface area contributed by atoms with Gasteiger partial charge in [0.05, 0.1) is 11.7 Å². The number of hydrogen-bond acceptors (Lipinski definition) is 3. The van der Waals surface area contributed by atoms with Crippen molar-refractivity contribution in [3.05, 3.63) is 30.1 Å². The second-order valence-corrected chi connectivity index (χ2v) is 6.63. The van der Waals surface area contributed by atoms with Gasteiger partial charge in [0.1, 0.15) is 11.9 Å². The van der Waals surface area contributed by atoms with Crippen LogP contribution in [-0.4, -0.2) is 30.4 Å². The summed E-state index contributed by atoms with van der Waals surface area (Å²) in [7, 11) is 0. The first-order chi connectivity index (χ1) is 10.2. The summed E-state index contributed by atoms with van der Waals surface area (Å²) in [6.45, 7) is 5.95. The number of carbonyl (C=O) groups excluding carboxylic acids is 2. The molecule has 0 saturated carbocycles. The van der Waals surface area contributed by atoms with Crippen LogP contribution in [0.1, 0.15) is 27.2 Å². The number of halogens is 2. The molecule has 7 heteroatoms. The Morgan fingerprint density at radius 3 is 2.57 bits per heavy atom. The summed E-state index contributed by atoms with van der Waals surface area (Å²) < 4.78 is 13.8. The predicted molar refractivity (Wildman–Crippen MR) is 90.0 cm³/mol. The lowest BCUT2D eigenvalue weighted by Crippen LogP contribution is -2.53. The minimum absolute atomic E-state index is 0. The Balaban J connectivity index is 0.00000264. The van der Waals surface area contributed by atoms with E-state index in [1.807, 2.05) is 20.8 Å². The Morgan fingerprint density at radius 2 is 2.00 bits per heavy atom. The highest BCUT2D eigenvalue weighted by Gasteiger charge is 2.37. The normalized spacial score (nSPS) is 19.3. The van der Waals surface area contributed by atoms with E-state index in [9.17, 15) is 14.0 Å². The number of benzene rings is 1. The maximum Gasteiger partial charge on any atom is 0.249 e. The van der Waals surface area contributed by atoms with Crippen molar-refractivity contribution in [2.45, 2.75) is 39.3 Å². The van der Waals surface area contributed by atoms with Crippen molar-refractivity contribution < 1.29 is 14.0 Å². The van der Waals surface area contributed by atoms with E-state index in [2.05, 4.69) is 5.32 Å². The fraction of sp³-hybridized carbons (Fsp3) is 0.500. The zero-order valence-corrected chi connectivity index (χ0v) is 14.3. The van der Waals surface area contributed by atoms with E-state index >= 15 is 0 Å². The Labute approximate surface area is 141 Å². The molecule has 0 spiro atoms. The predicted octanol–water partition coefficient (Wildman–Crippen LogP) is 1.84. The molecule has 23 heavy (non-hydrogen) atoms. The highest BCUT2D eigenvalue weighted by molar-refractivity contribution is 6.01. The number of amides is 2. The van der Waals surface area contributed by atoms with E-state index in [0.29, 0.717) is 13.0 Å². The molecule has 1 aromatic rings. The average Bonchev–Trinajstić information content (AvgIpc) is 2.79. The molecule has 0 radical (unpaired) electrons. The summed E-state index contributed by atoms with van der Waals surface area (Å²) in [5.41, 5.74) is 5.74. The van der Waals surface area contributed by atoms with Crippen LogP contribution in [0, 0.1) is 11.2 Å². The first-order valence-electron chi connectivity index (χ1n) is 7.33. The molecule has 1 fully saturated rings. The van der Waals surface area contributed by atoms with E-state index < -0.39 is 23.3 Å². The van der Waals surface area contributed by atoms with E-state index in [-0.39, 0.29) is 29.9 Å². The number of nitrogens with two attached hydrogens (primary N) is 1. The highest BCUT2D eigenvalue weighted by Crippen LogP contribution is 2.25. The lowest BCUT2D eigenvalue weighted by molar-refractivity contribution is -0.128. The fourth-order valence-corrected chi connectivity index (χ4v) is 2.38. The first kappa shape index (κ1) is 19.4. The van der Waals surface area contributed by atoms with Gasteiger partial charge in [0.2, 0.25) is 11.8 Å². The topological polar surface area (TPSA) is 75.4 Å². The Hall–Kier alpha value is -1.66. The van der Waals surface area contributed by atoms with Crippen LogP contribution >= 0.6 is 12.4 Å². The molecule has 1 heterocycles. The minimum Gasteiger partial charge on any atom is -0.343 e. The van der Waals surface area contributed by atoms with Crippen molar-refractivity contribution in [2.75, 3.05) is 11.4 Å². The van der Waals surface area contributed by atoms with E-state index in [1.54, 1.807) is 18.2 Å². The number of hydrogen-bond donors (Lipinski definition) is 2. The van der Waals surface area contributed by atoms with Crippen LogP contribution in [0.3, 0.4) is 0 Å². The van der Waals surface area contributed by atoms with Crippen LogP contribution in [0.5, 0.6) is 0 Å². The average molecular weight is 344 g/mol. The number of rotatable bonds is 3. The second kappa shape index (κ2) is 7.27. The van der Waals surface area contributed by atoms with Gasteiger partial charge in [0.25, 0.3) is 0 Å². The quantitative estimate of drug-likeness (QED) is 0.879. The van der Waals surface area contributed by atoms with Crippen molar-refractivity contribution in [3.63, 3.8) is 0 Å². The van der Waals surface area contributed by atoms with E-state index in [1.165, 1.54) is 11.0 Å². The zero-order valence-electron chi connectivity index (χ0n) is 13.5. The molecule has 3 N–H and O–H groups in total. The van der Waals surface area contributed by atoms with Gasteiger partial charge in [-0.25, -0.2) is 4.39 Å². The molecule has 1 saturated heterocycles. The number of anilines is 1. The maximum absolute atomic E-state index is 13.8. The van der Waals surface area contributed by atoms with Gasteiger partial charge in [-0.2, -0.15) is 0 Å². The van der Waals surface area contributed by atoms with Gasteiger partial charge in [0.15, 0.2) is 0 Å². The largest absolute Gasteiger partial charge is 0.343 e. The van der Waals surface area contributed by atoms with E-state index in [0.717, 1.165) is 0 Å². The first-order valence-corrected chi connectivity index (χ1v) is 7.33. The van der Waals surface area contributed by atoms with Crippen molar-refractivity contribution in [3.8, 4) is 0 Å². The summed E-state index contributed by atoms with van der Waals surface area (Å²) in [6, 6.07) is 4.75. The van der Waals surface area contributed by atoms with Gasteiger partial charge in [-0.1, -0.05) is 32.9 Å². The monoisotopic (exact) mass is 343 g/mol. The Kier molecular flexibility index (Phi) is 6.13. The van der Waals surface area contributed by atoms with Crippen LogP contribution < -0.4 is 16.0 Å². The molecule has 5 nitrogen and oxygen atoms in total. The van der Waals surface area contributed by atoms with Crippen molar-refractivity contribution in [1.29, 1.82) is 0 Å². The van der Waals surface area contributed by atoms with Crippen molar-refractivity contribution >= 4 is 29.9 Å². The summed E-state index contributed by atoms with van der Waals surface area (Å²) in [4.78, 5) is 25.9. The molecule has 2 amide bonds. The highest BCUT2D eigenvalue weighted by atomic mass is 35.5. The number of nitrogens with zero attached hydrogens (tertiary/aromatic N) is 1. The van der Waals surface area contributed by atoms with Crippen LogP contribution in [0.4, 0.5) is 10.1 Å². The zero-order chi connectivity index (χ0) is 16.5. The third-order valence-corrected chi connectivity index (χ3v) is 3.88. The molecule has 128 valence electrons. The van der Waals surface area contributed by atoms with Gasteiger partial charge in [-0.15, -0.1) is 12.4 Å².